The maximum atomic E-state index is 12.9. The molecule has 33 heavy (non-hydrogen) atoms. The fourth-order valence-corrected chi connectivity index (χ4v) is 3.89. The number of ether oxygens (including phenoxy) is 1. The molecule has 7 heteroatoms. The number of benzene rings is 2. The smallest absolute Gasteiger partial charge is 0.253 e. The van der Waals surface area contributed by atoms with Crippen molar-refractivity contribution in [3.05, 3.63) is 93.7 Å². The molecule has 2 N–H and O–H groups in total. The molecule has 170 valence electrons. The number of anilines is 1. The summed E-state index contributed by atoms with van der Waals surface area (Å²) in [6.45, 7) is 7.43. The summed E-state index contributed by atoms with van der Waals surface area (Å²) < 4.78 is 11.0. The molecule has 0 radical (unpaired) electrons. The third-order valence-corrected chi connectivity index (χ3v) is 5.89. The second kappa shape index (κ2) is 9.92. The van der Waals surface area contributed by atoms with Crippen LogP contribution in [0, 0.1) is 13.8 Å². The minimum absolute atomic E-state index is 0.126. The fourth-order valence-electron chi connectivity index (χ4n) is 3.64. The van der Waals surface area contributed by atoms with Gasteiger partial charge in [0.1, 0.15) is 11.5 Å². The number of pyridine rings is 1. The van der Waals surface area contributed by atoms with Gasteiger partial charge in [0.25, 0.3) is 5.56 Å². The Morgan fingerprint density at radius 1 is 1.09 bits per heavy atom. The second-order valence-corrected chi connectivity index (χ2v) is 8.36. The van der Waals surface area contributed by atoms with Gasteiger partial charge in [-0.2, -0.15) is 0 Å². The number of fused-ring (bicyclic) bond motifs is 1. The first-order chi connectivity index (χ1) is 15.9. The Balaban J connectivity index is 1.60. The number of H-pyrrole nitrogens is 1. The number of hydrogen-bond acceptors (Lipinski definition) is 4. The summed E-state index contributed by atoms with van der Waals surface area (Å²) in [7, 11) is 0. The first-order valence-corrected chi connectivity index (χ1v) is 11.3. The Morgan fingerprint density at radius 3 is 2.55 bits per heavy atom. The van der Waals surface area contributed by atoms with Gasteiger partial charge in [-0.25, -0.2) is 0 Å². The zero-order chi connectivity index (χ0) is 23.4. The van der Waals surface area contributed by atoms with E-state index < -0.39 is 0 Å². The molecular formula is C26H27N3O3S. The average Bonchev–Trinajstić information content (AvgIpc) is 3.30. The minimum atomic E-state index is -0.126. The quantitative estimate of drug-likeness (QED) is 0.352. The van der Waals surface area contributed by atoms with Crippen molar-refractivity contribution < 1.29 is 9.15 Å². The highest BCUT2D eigenvalue weighted by Gasteiger charge is 2.16. The van der Waals surface area contributed by atoms with Crippen molar-refractivity contribution in [2.75, 3.05) is 11.9 Å². The van der Waals surface area contributed by atoms with E-state index in [1.807, 2.05) is 67.3 Å². The van der Waals surface area contributed by atoms with Crippen molar-refractivity contribution in [3.8, 4) is 5.75 Å². The molecule has 0 aliphatic carbocycles. The van der Waals surface area contributed by atoms with Crippen LogP contribution in [0.2, 0.25) is 0 Å². The van der Waals surface area contributed by atoms with E-state index in [4.69, 9.17) is 21.4 Å². The molecule has 0 bridgehead atoms. The Morgan fingerprint density at radius 2 is 1.85 bits per heavy atom. The van der Waals surface area contributed by atoms with Gasteiger partial charge in [-0.05, 0) is 104 Å². The van der Waals surface area contributed by atoms with Gasteiger partial charge in [0.15, 0.2) is 5.11 Å². The van der Waals surface area contributed by atoms with Crippen LogP contribution in [0.1, 0.15) is 29.4 Å². The van der Waals surface area contributed by atoms with Gasteiger partial charge in [-0.1, -0.05) is 0 Å². The number of rotatable bonds is 7. The summed E-state index contributed by atoms with van der Waals surface area (Å²) >= 11 is 5.72. The monoisotopic (exact) mass is 461 g/mol. The SMILES string of the molecule is CCOc1ccc(NC(=S)N(Cc2ccco2)Cc2cc3cc(C)c(C)cc3[nH]c2=O)cc1. The number of nitrogens with one attached hydrogen (secondary N) is 2. The molecule has 0 fully saturated rings. The molecule has 0 aliphatic heterocycles. The number of nitrogens with zero attached hydrogens (tertiary/aromatic N) is 1. The number of aromatic nitrogens is 1. The highest BCUT2D eigenvalue weighted by Crippen LogP contribution is 2.20. The van der Waals surface area contributed by atoms with Crippen molar-refractivity contribution in [2.45, 2.75) is 33.9 Å². The average molecular weight is 462 g/mol. The maximum Gasteiger partial charge on any atom is 0.253 e. The van der Waals surface area contributed by atoms with Gasteiger partial charge >= 0.3 is 0 Å². The number of furan rings is 1. The lowest BCUT2D eigenvalue weighted by Crippen LogP contribution is -2.35. The van der Waals surface area contributed by atoms with E-state index in [0.29, 0.717) is 30.4 Å². The van der Waals surface area contributed by atoms with Gasteiger partial charge in [0.05, 0.1) is 26.0 Å². The van der Waals surface area contributed by atoms with E-state index >= 15 is 0 Å². The molecular weight excluding hydrogens is 434 g/mol. The van der Waals surface area contributed by atoms with Crippen LogP contribution in [-0.2, 0) is 13.1 Å². The Hall–Kier alpha value is -3.58. The largest absolute Gasteiger partial charge is 0.494 e. The van der Waals surface area contributed by atoms with Gasteiger partial charge in [0.2, 0.25) is 0 Å². The van der Waals surface area contributed by atoms with Crippen LogP contribution in [0.25, 0.3) is 10.9 Å². The summed E-state index contributed by atoms with van der Waals surface area (Å²) in [4.78, 5) is 17.8. The number of thiocarbonyl (C=S) groups is 1. The van der Waals surface area contributed by atoms with Crippen LogP contribution in [0.4, 0.5) is 5.69 Å². The zero-order valence-electron chi connectivity index (χ0n) is 19.0. The molecule has 4 aromatic rings. The first-order valence-electron chi connectivity index (χ1n) is 10.9. The van der Waals surface area contributed by atoms with Gasteiger partial charge in [0, 0.05) is 16.8 Å². The van der Waals surface area contributed by atoms with Crippen molar-refractivity contribution >= 4 is 33.9 Å². The van der Waals surface area contributed by atoms with E-state index in [1.165, 1.54) is 5.56 Å². The lowest BCUT2D eigenvalue weighted by molar-refractivity contribution is 0.340. The number of hydrogen-bond donors (Lipinski definition) is 2. The molecule has 2 heterocycles. The minimum Gasteiger partial charge on any atom is -0.494 e. The molecule has 2 aromatic heterocycles. The topological polar surface area (TPSA) is 70.5 Å². The lowest BCUT2D eigenvalue weighted by Gasteiger charge is -2.25. The molecule has 0 saturated heterocycles. The Bertz CT molecular complexity index is 1310. The predicted molar refractivity (Wildman–Crippen MR) is 136 cm³/mol. The van der Waals surface area contributed by atoms with Crippen LogP contribution in [0.3, 0.4) is 0 Å². The first kappa shape index (κ1) is 22.6. The second-order valence-electron chi connectivity index (χ2n) is 7.97. The third-order valence-electron chi connectivity index (χ3n) is 5.53. The van der Waals surface area contributed by atoms with Crippen LogP contribution in [-0.4, -0.2) is 21.6 Å². The van der Waals surface area contributed by atoms with Crippen LogP contribution < -0.4 is 15.6 Å². The van der Waals surface area contributed by atoms with E-state index in [-0.39, 0.29) is 5.56 Å². The van der Waals surface area contributed by atoms with Crippen LogP contribution >= 0.6 is 12.2 Å². The zero-order valence-corrected chi connectivity index (χ0v) is 19.8. The van der Waals surface area contributed by atoms with Gasteiger partial charge in [-0.3, -0.25) is 4.79 Å². The fraction of sp³-hybridized carbons (Fsp3) is 0.231. The molecule has 0 atom stereocenters. The molecule has 0 saturated carbocycles. The normalized spacial score (nSPS) is 10.9. The van der Waals surface area contributed by atoms with Crippen LogP contribution in [0.5, 0.6) is 5.75 Å². The summed E-state index contributed by atoms with van der Waals surface area (Å²) in [6, 6.07) is 17.4. The Kier molecular flexibility index (Phi) is 6.79. The van der Waals surface area contributed by atoms with Gasteiger partial charge < -0.3 is 24.4 Å². The number of aryl methyl sites for hydroxylation is 2. The summed E-state index contributed by atoms with van der Waals surface area (Å²) in [5.74, 6) is 1.56. The molecule has 0 aliphatic rings. The summed E-state index contributed by atoms with van der Waals surface area (Å²) in [6.07, 6.45) is 1.63. The van der Waals surface area contributed by atoms with Crippen molar-refractivity contribution in [2.24, 2.45) is 0 Å². The molecule has 0 spiro atoms. The Labute approximate surface area is 198 Å². The highest BCUT2D eigenvalue weighted by molar-refractivity contribution is 7.80. The van der Waals surface area contributed by atoms with E-state index in [9.17, 15) is 4.79 Å². The molecule has 2 aromatic carbocycles. The molecule has 0 amide bonds. The summed E-state index contributed by atoms with van der Waals surface area (Å²) in [5, 5.41) is 4.76. The molecule has 0 unspecified atom stereocenters. The molecule has 4 rings (SSSR count). The van der Waals surface area contributed by atoms with Crippen molar-refractivity contribution in [1.82, 2.24) is 9.88 Å². The summed E-state index contributed by atoms with van der Waals surface area (Å²) in [5.41, 5.74) is 4.50. The van der Waals surface area contributed by atoms with E-state index in [2.05, 4.69) is 23.3 Å². The van der Waals surface area contributed by atoms with Crippen molar-refractivity contribution in [3.63, 3.8) is 0 Å². The molecule has 6 nitrogen and oxygen atoms in total. The maximum absolute atomic E-state index is 12.9. The van der Waals surface area contributed by atoms with Crippen molar-refractivity contribution in [1.29, 1.82) is 0 Å². The van der Waals surface area contributed by atoms with Crippen LogP contribution in [0.15, 0.2) is 70.1 Å². The van der Waals surface area contributed by atoms with E-state index in [1.54, 1.807) is 6.26 Å². The van der Waals surface area contributed by atoms with E-state index in [0.717, 1.165) is 33.7 Å². The third kappa shape index (κ3) is 5.43. The van der Waals surface area contributed by atoms with Gasteiger partial charge in [-0.15, -0.1) is 0 Å². The highest BCUT2D eigenvalue weighted by atomic mass is 32.1. The lowest BCUT2D eigenvalue weighted by atomic mass is 10.0. The predicted octanol–water partition coefficient (Wildman–Crippen LogP) is 5.54. The standard InChI is InChI=1S/C26H27N3O3S/c1-4-31-22-9-7-21(8-10-22)27-26(33)29(16-23-6-5-11-32-23)15-20-14-19-12-17(2)18(3)13-24(19)28-25(20)30/h5-14H,4,15-16H2,1-3H3,(H,27,33)(H,28,30). The number of aromatic amines is 1.